The van der Waals surface area contributed by atoms with Crippen molar-refractivity contribution in [3.8, 4) is 17.2 Å². The predicted octanol–water partition coefficient (Wildman–Crippen LogP) is 4.91. The highest BCUT2D eigenvalue weighted by molar-refractivity contribution is 6.30. The third kappa shape index (κ3) is 3.99. The van der Waals surface area contributed by atoms with Gasteiger partial charge in [-0.1, -0.05) is 23.7 Å². The Morgan fingerprint density at radius 1 is 1.22 bits per heavy atom. The highest BCUT2D eigenvalue weighted by Gasteiger charge is 2.39. The second-order valence-corrected chi connectivity index (χ2v) is 5.39. The van der Waals surface area contributed by atoms with Crippen LogP contribution in [0.3, 0.4) is 0 Å². The molecule has 122 valence electrons. The second-order valence-electron chi connectivity index (χ2n) is 4.58. The molecule has 0 aliphatic rings. The van der Waals surface area contributed by atoms with Crippen molar-refractivity contribution in [2.24, 2.45) is 0 Å². The van der Waals surface area contributed by atoms with E-state index >= 15 is 0 Å². The fraction of sp³-hybridized carbons (Fsp3) is 0.267. The number of ether oxygens (including phenoxy) is 1. The highest BCUT2D eigenvalue weighted by Crippen LogP contribution is 2.40. The van der Waals surface area contributed by atoms with Crippen LogP contribution in [-0.4, -0.2) is 17.1 Å². The molecule has 1 aromatic carbocycles. The van der Waals surface area contributed by atoms with Crippen molar-refractivity contribution in [3.05, 3.63) is 46.7 Å². The second kappa shape index (κ2) is 7.26. The molecule has 23 heavy (non-hydrogen) atoms. The lowest BCUT2D eigenvalue weighted by Crippen LogP contribution is -2.16. The van der Waals surface area contributed by atoms with Gasteiger partial charge in [0.2, 0.25) is 0 Å². The average Bonchev–Trinajstić information content (AvgIpc) is 2.87. The standard InChI is InChI=1S/C15H11Cl2F3N2O/c16-5-6-23-9-22-8-11(7-21)13(14(22)15(18,19)20)10-1-3-12(17)4-2-10/h1-4,8H,5-6,9H2. The largest absolute Gasteiger partial charge is 0.432 e. The third-order valence-electron chi connectivity index (χ3n) is 3.05. The molecule has 0 atom stereocenters. The number of halogens is 5. The average molecular weight is 363 g/mol. The summed E-state index contributed by atoms with van der Waals surface area (Å²) in [5.41, 5.74) is -0.958. The van der Waals surface area contributed by atoms with Crippen molar-refractivity contribution in [1.82, 2.24) is 4.57 Å². The summed E-state index contributed by atoms with van der Waals surface area (Å²) in [5, 5.41) is 9.58. The van der Waals surface area contributed by atoms with Gasteiger partial charge in [0, 0.05) is 22.7 Å². The molecular weight excluding hydrogens is 352 g/mol. The van der Waals surface area contributed by atoms with Gasteiger partial charge in [-0.3, -0.25) is 0 Å². The Morgan fingerprint density at radius 2 is 1.87 bits per heavy atom. The number of aromatic nitrogens is 1. The van der Waals surface area contributed by atoms with Crippen LogP contribution in [-0.2, 0) is 17.6 Å². The fourth-order valence-corrected chi connectivity index (χ4v) is 2.41. The van der Waals surface area contributed by atoms with Crippen LogP contribution in [0.4, 0.5) is 13.2 Å². The minimum absolute atomic E-state index is 0.0888. The fourth-order valence-electron chi connectivity index (χ4n) is 2.17. The Balaban J connectivity index is 2.59. The quantitative estimate of drug-likeness (QED) is 0.559. The SMILES string of the molecule is N#Cc1cn(COCCCl)c(C(F)(F)F)c1-c1ccc(Cl)cc1. The molecule has 0 radical (unpaired) electrons. The Hall–Kier alpha value is -1.68. The molecule has 0 saturated carbocycles. The lowest BCUT2D eigenvalue weighted by atomic mass is 10.0. The maximum Gasteiger partial charge on any atom is 0.432 e. The van der Waals surface area contributed by atoms with Gasteiger partial charge in [-0.25, -0.2) is 0 Å². The minimum Gasteiger partial charge on any atom is -0.360 e. The van der Waals surface area contributed by atoms with Crippen LogP contribution in [0.5, 0.6) is 0 Å². The van der Waals surface area contributed by atoms with Crippen LogP contribution in [0.2, 0.25) is 5.02 Å². The molecule has 8 heteroatoms. The summed E-state index contributed by atoms with van der Waals surface area (Å²) in [6.07, 6.45) is -3.52. The summed E-state index contributed by atoms with van der Waals surface area (Å²) < 4.78 is 46.4. The van der Waals surface area contributed by atoms with E-state index < -0.39 is 11.9 Å². The first-order valence-corrected chi connectivity index (χ1v) is 7.39. The van der Waals surface area contributed by atoms with Gasteiger partial charge in [0.05, 0.1) is 12.2 Å². The Labute approximate surface area is 140 Å². The maximum atomic E-state index is 13.5. The van der Waals surface area contributed by atoms with Gasteiger partial charge in [-0.2, -0.15) is 18.4 Å². The van der Waals surface area contributed by atoms with Crippen LogP contribution in [0.1, 0.15) is 11.3 Å². The van der Waals surface area contributed by atoms with Crippen LogP contribution in [0, 0.1) is 11.3 Å². The summed E-state index contributed by atoms with van der Waals surface area (Å²) in [6, 6.07) is 7.62. The first-order chi connectivity index (χ1) is 10.9. The van der Waals surface area contributed by atoms with E-state index in [1.807, 2.05) is 0 Å². The van der Waals surface area contributed by atoms with Crippen molar-refractivity contribution in [3.63, 3.8) is 0 Å². The number of benzene rings is 1. The Kier molecular flexibility index (Phi) is 5.58. The van der Waals surface area contributed by atoms with Crippen molar-refractivity contribution >= 4 is 23.2 Å². The lowest BCUT2D eigenvalue weighted by Gasteiger charge is -2.14. The molecule has 3 nitrogen and oxygen atoms in total. The van der Waals surface area contributed by atoms with Crippen LogP contribution >= 0.6 is 23.2 Å². The molecule has 0 amide bonds. The Bertz CT molecular complexity index is 718. The normalized spacial score (nSPS) is 11.5. The minimum atomic E-state index is -4.64. The molecular formula is C15H11Cl2F3N2O. The lowest BCUT2D eigenvalue weighted by molar-refractivity contribution is -0.145. The van der Waals surface area contributed by atoms with Gasteiger partial charge in [-0.05, 0) is 17.7 Å². The zero-order valence-electron chi connectivity index (χ0n) is 11.7. The summed E-state index contributed by atoms with van der Waals surface area (Å²) in [4.78, 5) is 0. The molecule has 0 spiro atoms. The van der Waals surface area contributed by atoms with E-state index in [0.717, 1.165) is 10.8 Å². The van der Waals surface area contributed by atoms with Gasteiger partial charge >= 0.3 is 6.18 Å². The van der Waals surface area contributed by atoms with Gasteiger partial charge < -0.3 is 9.30 Å². The van der Waals surface area contributed by atoms with Crippen LogP contribution < -0.4 is 0 Å². The number of nitriles is 1. The van der Waals surface area contributed by atoms with Crippen LogP contribution in [0.25, 0.3) is 11.1 Å². The van der Waals surface area contributed by atoms with Gasteiger partial charge in [0.15, 0.2) is 0 Å². The third-order valence-corrected chi connectivity index (χ3v) is 3.46. The van der Waals surface area contributed by atoms with Gasteiger partial charge in [-0.15, -0.1) is 11.6 Å². The molecule has 0 aliphatic carbocycles. The number of nitrogens with zero attached hydrogens (tertiary/aromatic N) is 2. The van der Waals surface area contributed by atoms with E-state index in [1.165, 1.54) is 24.3 Å². The van der Waals surface area contributed by atoms with E-state index in [9.17, 15) is 18.4 Å². The number of rotatable bonds is 5. The van der Waals surface area contributed by atoms with E-state index in [2.05, 4.69) is 0 Å². The molecule has 2 rings (SSSR count). The molecule has 0 bridgehead atoms. The number of alkyl halides is 4. The Morgan fingerprint density at radius 3 is 2.39 bits per heavy atom. The summed E-state index contributed by atoms with van der Waals surface area (Å²) >= 11 is 11.2. The molecule has 1 heterocycles. The molecule has 0 unspecified atom stereocenters. The van der Waals surface area contributed by atoms with E-state index in [0.29, 0.717) is 5.02 Å². The van der Waals surface area contributed by atoms with Crippen molar-refractivity contribution in [2.45, 2.75) is 12.9 Å². The monoisotopic (exact) mass is 362 g/mol. The van der Waals surface area contributed by atoms with E-state index in [1.54, 1.807) is 6.07 Å². The zero-order chi connectivity index (χ0) is 17.0. The molecule has 2 aromatic rings. The molecule has 1 aromatic heterocycles. The van der Waals surface area contributed by atoms with Gasteiger partial charge in [0.25, 0.3) is 0 Å². The van der Waals surface area contributed by atoms with E-state index in [-0.39, 0.29) is 35.9 Å². The maximum absolute atomic E-state index is 13.5. The van der Waals surface area contributed by atoms with E-state index in [4.69, 9.17) is 27.9 Å². The summed E-state index contributed by atoms with van der Waals surface area (Å²) in [6.45, 7) is -0.237. The molecule has 0 fully saturated rings. The smallest absolute Gasteiger partial charge is 0.360 e. The first kappa shape index (κ1) is 17.7. The van der Waals surface area contributed by atoms with Crippen molar-refractivity contribution in [2.75, 3.05) is 12.5 Å². The number of hydrogen-bond acceptors (Lipinski definition) is 2. The summed E-state index contributed by atoms with van der Waals surface area (Å²) in [7, 11) is 0. The topological polar surface area (TPSA) is 38.0 Å². The predicted molar refractivity (Wildman–Crippen MR) is 81.3 cm³/mol. The molecule has 0 saturated heterocycles. The van der Waals surface area contributed by atoms with Crippen molar-refractivity contribution < 1.29 is 17.9 Å². The molecule has 0 aliphatic heterocycles. The molecule has 0 N–H and O–H groups in total. The highest BCUT2D eigenvalue weighted by atomic mass is 35.5. The zero-order valence-corrected chi connectivity index (χ0v) is 13.2. The van der Waals surface area contributed by atoms with Crippen molar-refractivity contribution in [1.29, 1.82) is 5.26 Å². The van der Waals surface area contributed by atoms with Crippen LogP contribution in [0.15, 0.2) is 30.5 Å². The van der Waals surface area contributed by atoms with Gasteiger partial charge in [0.1, 0.15) is 18.5 Å². The summed E-state index contributed by atoms with van der Waals surface area (Å²) in [5.74, 6) is 0.164. The number of hydrogen-bond donors (Lipinski definition) is 0. The first-order valence-electron chi connectivity index (χ1n) is 6.48.